The average molecular weight is 315 g/mol. The first kappa shape index (κ1) is 17.2. The zero-order chi connectivity index (χ0) is 17.4. The van der Waals surface area contributed by atoms with E-state index in [2.05, 4.69) is 29.9 Å². The van der Waals surface area contributed by atoms with Gasteiger partial charge in [-0.15, -0.1) is 10.2 Å². The maximum absolute atomic E-state index is 4.39. The Hall–Kier alpha value is -3.20. The smallest absolute Gasteiger partial charge is 0.168 e. The van der Waals surface area contributed by atoms with Gasteiger partial charge < -0.3 is 0 Å². The third-order valence-electron chi connectivity index (χ3n) is 3.40. The minimum absolute atomic E-state index is 0.704. The minimum Gasteiger partial charge on any atom is -0.275 e. The van der Waals surface area contributed by atoms with Crippen molar-refractivity contribution in [3.63, 3.8) is 0 Å². The number of hydrogen-bond acceptors (Lipinski definition) is 2. The Bertz CT molecular complexity index is 818. The molecule has 0 saturated carbocycles. The van der Waals surface area contributed by atoms with Crippen LogP contribution in [0.1, 0.15) is 12.7 Å². The van der Waals surface area contributed by atoms with E-state index in [9.17, 15) is 0 Å². The Morgan fingerprint density at radius 2 is 1.75 bits per heavy atom. The van der Waals surface area contributed by atoms with Crippen LogP contribution in [-0.4, -0.2) is 14.8 Å². The monoisotopic (exact) mass is 315 g/mol. The molecule has 0 saturated heterocycles. The van der Waals surface area contributed by atoms with Crippen molar-refractivity contribution in [1.82, 2.24) is 14.8 Å². The molecule has 3 heteroatoms. The zero-order valence-corrected chi connectivity index (χ0v) is 13.9. The molecule has 1 aromatic heterocycles. The van der Waals surface area contributed by atoms with Crippen LogP contribution in [-0.2, 0) is 0 Å². The number of hydrogen-bond donors (Lipinski definition) is 0. The van der Waals surface area contributed by atoms with Gasteiger partial charge in [-0.05, 0) is 19.1 Å². The Labute approximate surface area is 143 Å². The van der Waals surface area contributed by atoms with E-state index < -0.39 is 0 Å². The number of benzene rings is 1. The van der Waals surface area contributed by atoms with E-state index in [1.807, 2.05) is 66.1 Å². The Kier molecular flexibility index (Phi) is 6.03. The lowest BCUT2D eigenvalue weighted by Gasteiger charge is -2.11. The van der Waals surface area contributed by atoms with Crippen LogP contribution in [0.4, 0.5) is 0 Å². The van der Waals surface area contributed by atoms with Gasteiger partial charge in [0.1, 0.15) is 0 Å². The summed E-state index contributed by atoms with van der Waals surface area (Å²) in [4.78, 5) is 0. The molecule has 0 aliphatic rings. The van der Waals surface area contributed by atoms with E-state index in [0.29, 0.717) is 5.82 Å². The van der Waals surface area contributed by atoms with E-state index in [1.54, 1.807) is 18.2 Å². The summed E-state index contributed by atoms with van der Waals surface area (Å²) >= 11 is 0. The summed E-state index contributed by atoms with van der Waals surface area (Å²) in [5, 5.41) is 8.78. The van der Waals surface area contributed by atoms with Gasteiger partial charge in [-0.1, -0.05) is 80.4 Å². The summed E-state index contributed by atoms with van der Waals surface area (Å²) in [6, 6.07) is 9.93. The van der Waals surface area contributed by atoms with Crippen LogP contribution < -0.4 is 0 Å². The van der Waals surface area contributed by atoms with Crippen molar-refractivity contribution in [3.8, 4) is 11.4 Å². The first-order valence-electron chi connectivity index (χ1n) is 7.69. The molecular formula is C21H21N3. The van der Waals surface area contributed by atoms with Gasteiger partial charge in [0, 0.05) is 16.8 Å². The quantitative estimate of drug-likeness (QED) is 0.649. The van der Waals surface area contributed by atoms with E-state index >= 15 is 0 Å². The molecule has 0 aliphatic carbocycles. The second-order valence-electron chi connectivity index (χ2n) is 4.93. The van der Waals surface area contributed by atoms with Crippen molar-refractivity contribution in [2.24, 2.45) is 0 Å². The van der Waals surface area contributed by atoms with Gasteiger partial charge in [0.05, 0.1) is 0 Å². The van der Waals surface area contributed by atoms with Crippen LogP contribution in [0.15, 0.2) is 92.6 Å². The summed E-state index contributed by atoms with van der Waals surface area (Å²) in [5.41, 5.74) is 2.69. The Balaban J connectivity index is 2.76. The molecule has 2 rings (SSSR count). The summed E-state index contributed by atoms with van der Waals surface area (Å²) in [6.45, 7) is 13.5. The van der Waals surface area contributed by atoms with Crippen molar-refractivity contribution in [1.29, 1.82) is 0 Å². The number of aromatic nitrogens is 3. The molecule has 0 radical (unpaired) electrons. The molecule has 1 heterocycles. The molecule has 0 atom stereocenters. The van der Waals surface area contributed by atoms with Crippen LogP contribution >= 0.6 is 0 Å². The molecule has 1 aromatic carbocycles. The van der Waals surface area contributed by atoms with Gasteiger partial charge >= 0.3 is 0 Å². The average Bonchev–Trinajstić information content (AvgIpc) is 3.06. The first-order chi connectivity index (χ1) is 11.8. The SMILES string of the molecule is C=C/C=C(\C=C)n1c(/C(C=C)=C/C=C\C)nnc1-c1ccccc1. The highest BCUT2D eigenvalue weighted by Crippen LogP contribution is 2.26. The first-order valence-corrected chi connectivity index (χ1v) is 7.69. The lowest BCUT2D eigenvalue weighted by Crippen LogP contribution is -2.03. The van der Waals surface area contributed by atoms with Gasteiger partial charge in [-0.25, -0.2) is 0 Å². The van der Waals surface area contributed by atoms with Gasteiger partial charge in [0.15, 0.2) is 11.6 Å². The molecule has 0 N–H and O–H groups in total. The van der Waals surface area contributed by atoms with Gasteiger partial charge in [0.25, 0.3) is 0 Å². The van der Waals surface area contributed by atoms with Crippen LogP contribution in [0.25, 0.3) is 22.7 Å². The zero-order valence-electron chi connectivity index (χ0n) is 13.9. The lowest BCUT2D eigenvalue weighted by atomic mass is 10.1. The van der Waals surface area contributed by atoms with E-state index in [1.165, 1.54) is 0 Å². The van der Waals surface area contributed by atoms with Crippen molar-refractivity contribution < 1.29 is 0 Å². The van der Waals surface area contributed by atoms with Crippen LogP contribution in [0, 0.1) is 0 Å². The molecule has 0 bridgehead atoms. The fourth-order valence-electron chi connectivity index (χ4n) is 2.28. The highest BCUT2D eigenvalue weighted by Gasteiger charge is 2.17. The van der Waals surface area contributed by atoms with Gasteiger partial charge in [-0.2, -0.15) is 0 Å². The molecule has 24 heavy (non-hydrogen) atoms. The second-order valence-corrected chi connectivity index (χ2v) is 4.93. The molecule has 0 fully saturated rings. The predicted molar refractivity (Wildman–Crippen MR) is 103 cm³/mol. The Morgan fingerprint density at radius 3 is 2.33 bits per heavy atom. The van der Waals surface area contributed by atoms with Crippen molar-refractivity contribution in [2.75, 3.05) is 0 Å². The molecule has 0 aliphatic heterocycles. The van der Waals surface area contributed by atoms with Gasteiger partial charge in [-0.3, -0.25) is 4.57 Å². The minimum atomic E-state index is 0.704. The molecule has 0 amide bonds. The summed E-state index contributed by atoms with van der Waals surface area (Å²) in [7, 11) is 0. The van der Waals surface area contributed by atoms with Crippen molar-refractivity contribution >= 4 is 11.3 Å². The molecule has 0 spiro atoms. The third kappa shape index (κ3) is 3.58. The molecular weight excluding hydrogens is 294 g/mol. The normalized spacial score (nSPS) is 12.4. The van der Waals surface area contributed by atoms with Crippen LogP contribution in [0.2, 0.25) is 0 Å². The van der Waals surface area contributed by atoms with Crippen molar-refractivity contribution in [2.45, 2.75) is 6.92 Å². The van der Waals surface area contributed by atoms with Gasteiger partial charge in [0.2, 0.25) is 0 Å². The number of allylic oxidation sites excluding steroid dienone is 9. The highest BCUT2D eigenvalue weighted by molar-refractivity contribution is 5.77. The lowest BCUT2D eigenvalue weighted by molar-refractivity contribution is 1.06. The van der Waals surface area contributed by atoms with Crippen LogP contribution in [0.3, 0.4) is 0 Å². The third-order valence-corrected chi connectivity index (χ3v) is 3.40. The van der Waals surface area contributed by atoms with E-state index in [4.69, 9.17) is 0 Å². The molecule has 0 unspecified atom stereocenters. The standard InChI is InChI=1S/C21H21N3/c1-5-9-14-17(7-3)20-22-23-21(18-15-11-10-12-16-18)24(20)19(8-4)13-6-2/h5-16H,2-4H2,1H3/b9-5-,17-14+,19-13+. The highest BCUT2D eigenvalue weighted by atomic mass is 15.3. The molecule has 3 nitrogen and oxygen atoms in total. The van der Waals surface area contributed by atoms with E-state index in [-0.39, 0.29) is 0 Å². The Morgan fingerprint density at radius 1 is 1.00 bits per heavy atom. The maximum atomic E-state index is 4.39. The fraction of sp³-hybridized carbons (Fsp3) is 0.0476. The number of nitrogens with zero attached hydrogens (tertiary/aromatic N) is 3. The summed E-state index contributed by atoms with van der Waals surface area (Å²) in [5.74, 6) is 1.45. The maximum Gasteiger partial charge on any atom is 0.168 e. The largest absolute Gasteiger partial charge is 0.275 e. The number of rotatable bonds is 7. The molecule has 120 valence electrons. The topological polar surface area (TPSA) is 30.7 Å². The second kappa shape index (κ2) is 8.44. The predicted octanol–water partition coefficient (Wildman–Crippen LogP) is 5.30. The fourth-order valence-corrected chi connectivity index (χ4v) is 2.28. The summed E-state index contributed by atoms with van der Waals surface area (Å²) in [6.07, 6.45) is 13.0. The molecule has 2 aromatic rings. The summed E-state index contributed by atoms with van der Waals surface area (Å²) < 4.78 is 1.96. The van der Waals surface area contributed by atoms with E-state index in [0.717, 1.165) is 22.7 Å². The van der Waals surface area contributed by atoms with Crippen molar-refractivity contribution in [3.05, 3.63) is 98.4 Å². The van der Waals surface area contributed by atoms with Crippen LogP contribution in [0.5, 0.6) is 0 Å².